The van der Waals surface area contributed by atoms with E-state index in [2.05, 4.69) is 4.98 Å². The van der Waals surface area contributed by atoms with Gasteiger partial charge in [0, 0.05) is 11.3 Å². The average Bonchev–Trinajstić information content (AvgIpc) is 2.16. The SMILES string of the molecule is COc1cc(C(F)F)c(C)nc1C#N. The molecule has 0 aliphatic carbocycles. The quantitative estimate of drug-likeness (QED) is 0.731. The Balaban J connectivity index is 3.32. The van der Waals surface area contributed by atoms with Crippen molar-refractivity contribution in [3.8, 4) is 11.8 Å². The molecule has 0 spiro atoms. The van der Waals surface area contributed by atoms with E-state index < -0.39 is 6.43 Å². The number of halogens is 2. The molecule has 0 unspecified atom stereocenters. The summed E-state index contributed by atoms with van der Waals surface area (Å²) < 4.78 is 29.6. The van der Waals surface area contributed by atoms with Crippen LogP contribution in [0.25, 0.3) is 0 Å². The van der Waals surface area contributed by atoms with E-state index >= 15 is 0 Å². The predicted octanol–water partition coefficient (Wildman–Crippen LogP) is 2.21. The number of pyridine rings is 1. The van der Waals surface area contributed by atoms with Crippen LogP contribution in [-0.4, -0.2) is 12.1 Å². The van der Waals surface area contributed by atoms with Crippen molar-refractivity contribution in [3.05, 3.63) is 23.0 Å². The first-order valence-electron chi connectivity index (χ1n) is 3.84. The number of alkyl halides is 2. The molecule has 0 atom stereocenters. The fourth-order valence-corrected chi connectivity index (χ4v) is 1.06. The third-order valence-corrected chi connectivity index (χ3v) is 1.78. The van der Waals surface area contributed by atoms with Crippen molar-refractivity contribution in [2.45, 2.75) is 13.3 Å². The lowest BCUT2D eigenvalue weighted by Crippen LogP contribution is -1.99. The molecule has 0 fully saturated rings. The number of nitrogens with zero attached hydrogens (tertiary/aromatic N) is 2. The highest BCUT2D eigenvalue weighted by molar-refractivity contribution is 5.42. The van der Waals surface area contributed by atoms with Gasteiger partial charge >= 0.3 is 0 Å². The van der Waals surface area contributed by atoms with Crippen molar-refractivity contribution < 1.29 is 13.5 Å². The van der Waals surface area contributed by atoms with E-state index in [1.54, 1.807) is 6.07 Å². The van der Waals surface area contributed by atoms with Crippen molar-refractivity contribution in [2.24, 2.45) is 0 Å². The van der Waals surface area contributed by atoms with Crippen LogP contribution in [0.5, 0.6) is 5.75 Å². The molecule has 14 heavy (non-hydrogen) atoms. The van der Waals surface area contributed by atoms with E-state index in [-0.39, 0.29) is 22.7 Å². The maximum atomic E-state index is 12.4. The Morgan fingerprint density at radius 1 is 1.57 bits per heavy atom. The van der Waals surface area contributed by atoms with Gasteiger partial charge in [-0.3, -0.25) is 0 Å². The van der Waals surface area contributed by atoms with Crippen LogP contribution in [0.1, 0.15) is 23.4 Å². The first kappa shape index (κ1) is 10.4. The summed E-state index contributed by atoms with van der Waals surface area (Å²) in [4.78, 5) is 3.72. The number of aryl methyl sites for hydroxylation is 1. The summed E-state index contributed by atoms with van der Waals surface area (Å²) in [7, 11) is 1.31. The van der Waals surface area contributed by atoms with Crippen molar-refractivity contribution in [3.63, 3.8) is 0 Å². The molecule has 1 aromatic heterocycles. The zero-order chi connectivity index (χ0) is 10.7. The molecule has 74 valence electrons. The topological polar surface area (TPSA) is 45.9 Å². The first-order valence-corrected chi connectivity index (χ1v) is 3.84. The number of hydrogen-bond donors (Lipinski definition) is 0. The number of methoxy groups -OCH3 is 1. The number of aromatic nitrogens is 1. The normalized spacial score (nSPS) is 10.0. The number of rotatable bonds is 2. The van der Waals surface area contributed by atoms with Crippen LogP contribution in [0.4, 0.5) is 8.78 Å². The van der Waals surface area contributed by atoms with Crippen LogP contribution >= 0.6 is 0 Å². The van der Waals surface area contributed by atoms with Gasteiger partial charge in [-0.25, -0.2) is 13.8 Å². The van der Waals surface area contributed by atoms with Gasteiger partial charge in [0.25, 0.3) is 6.43 Å². The smallest absolute Gasteiger partial charge is 0.265 e. The number of hydrogen-bond acceptors (Lipinski definition) is 3. The van der Waals surface area contributed by atoms with Crippen molar-refractivity contribution in [1.29, 1.82) is 5.26 Å². The van der Waals surface area contributed by atoms with E-state index in [4.69, 9.17) is 10.00 Å². The molecule has 1 aromatic rings. The van der Waals surface area contributed by atoms with Gasteiger partial charge < -0.3 is 4.74 Å². The molecule has 0 bridgehead atoms. The van der Waals surface area contributed by atoms with Crippen molar-refractivity contribution in [2.75, 3.05) is 7.11 Å². The highest BCUT2D eigenvalue weighted by Gasteiger charge is 2.16. The second-order valence-corrected chi connectivity index (χ2v) is 2.63. The minimum atomic E-state index is -2.61. The molecule has 0 N–H and O–H groups in total. The van der Waals surface area contributed by atoms with Crippen LogP contribution < -0.4 is 4.74 Å². The first-order chi connectivity index (χ1) is 6.60. The van der Waals surface area contributed by atoms with E-state index in [1.165, 1.54) is 14.0 Å². The summed E-state index contributed by atoms with van der Waals surface area (Å²) in [6, 6.07) is 2.92. The average molecular weight is 198 g/mol. The standard InChI is InChI=1S/C9H8F2N2O/c1-5-6(9(10)11)3-8(14-2)7(4-12)13-5/h3,9H,1-2H3. The van der Waals surface area contributed by atoms with Crippen molar-refractivity contribution >= 4 is 0 Å². The third-order valence-electron chi connectivity index (χ3n) is 1.78. The second kappa shape index (κ2) is 4.01. The highest BCUT2D eigenvalue weighted by atomic mass is 19.3. The Kier molecular flexibility index (Phi) is 2.97. The Bertz CT molecular complexity index is 384. The molecule has 0 aromatic carbocycles. The largest absolute Gasteiger partial charge is 0.494 e. The summed E-state index contributed by atoms with van der Waals surface area (Å²) >= 11 is 0. The Labute approximate surface area is 79.9 Å². The molecular weight excluding hydrogens is 190 g/mol. The monoisotopic (exact) mass is 198 g/mol. The predicted molar refractivity (Wildman–Crippen MR) is 45.2 cm³/mol. The van der Waals surface area contributed by atoms with Gasteiger partial charge in [0.1, 0.15) is 6.07 Å². The summed E-state index contributed by atoms with van der Waals surface area (Å²) in [6.45, 7) is 1.43. The van der Waals surface area contributed by atoms with E-state index in [0.29, 0.717) is 0 Å². The molecule has 5 heteroatoms. The summed E-state index contributed by atoms with van der Waals surface area (Å²) in [6.07, 6.45) is -2.61. The molecule has 1 rings (SSSR count). The van der Waals surface area contributed by atoms with Gasteiger partial charge in [0.2, 0.25) is 0 Å². The van der Waals surface area contributed by atoms with Crippen LogP contribution in [0.3, 0.4) is 0 Å². The molecule has 1 heterocycles. The molecule has 0 aliphatic heterocycles. The fourth-order valence-electron chi connectivity index (χ4n) is 1.06. The van der Waals surface area contributed by atoms with Gasteiger partial charge in [-0.15, -0.1) is 0 Å². The van der Waals surface area contributed by atoms with E-state index in [9.17, 15) is 8.78 Å². The molecule has 0 radical (unpaired) electrons. The van der Waals surface area contributed by atoms with E-state index in [0.717, 1.165) is 6.07 Å². The van der Waals surface area contributed by atoms with Gasteiger partial charge in [0.15, 0.2) is 11.4 Å². The minimum absolute atomic E-state index is 0.0226. The number of nitriles is 1. The van der Waals surface area contributed by atoms with Crippen LogP contribution in [0.15, 0.2) is 6.07 Å². The van der Waals surface area contributed by atoms with Gasteiger partial charge in [0.05, 0.1) is 7.11 Å². The highest BCUT2D eigenvalue weighted by Crippen LogP contribution is 2.27. The number of ether oxygens (including phenoxy) is 1. The van der Waals surface area contributed by atoms with Crippen molar-refractivity contribution in [1.82, 2.24) is 4.98 Å². The minimum Gasteiger partial charge on any atom is -0.494 e. The fraction of sp³-hybridized carbons (Fsp3) is 0.333. The van der Waals surface area contributed by atoms with Gasteiger partial charge in [-0.1, -0.05) is 0 Å². The van der Waals surface area contributed by atoms with Gasteiger partial charge in [-0.05, 0) is 13.0 Å². The molecule has 0 saturated heterocycles. The molecule has 0 saturated carbocycles. The Morgan fingerprint density at radius 2 is 2.21 bits per heavy atom. The lowest BCUT2D eigenvalue weighted by molar-refractivity contribution is 0.149. The maximum Gasteiger partial charge on any atom is 0.265 e. The van der Waals surface area contributed by atoms with Crippen LogP contribution in [-0.2, 0) is 0 Å². The lowest BCUT2D eigenvalue weighted by Gasteiger charge is -2.07. The van der Waals surface area contributed by atoms with E-state index in [1.807, 2.05) is 0 Å². The summed E-state index contributed by atoms with van der Waals surface area (Å²) in [5.41, 5.74) is -0.0346. The third kappa shape index (κ3) is 1.79. The molecule has 0 aliphatic rings. The van der Waals surface area contributed by atoms with Crippen LogP contribution in [0.2, 0.25) is 0 Å². The summed E-state index contributed by atoms with van der Waals surface area (Å²) in [5.74, 6) is 0.0772. The van der Waals surface area contributed by atoms with Gasteiger partial charge in [-0.2, -0.15) is 5.26 Å². The Hall–Kier alpha value is -1.70. The van der Waals surface area contributed by atoms with Crippen LogP contribution in [0, 0.1) is 18.3 Å². The molecule has 3 nitrogen and oxygen atoms in total. The zero-order valence-electron chi connectivity index (χ0n) is 7.71. The zero-order valence-corrected chi connectivity index (χ0v) is 7.71. The lowest BCUT2D eigenvalue weighted by atomic mass is 10.2. The molecule has 0 amide bonds. The second-order valence-electron chi connectivity index (χ2n) is 2.63. The Morgan fingerprint density at radius 3 is 2.64 bits per heavy atom. The maximum absolute atomic E-state index is 12.4. The molecular formula is C9H8F2N2O. The summed E-state index contributed by atoms with van der Waals surface area (Å²) in [5, 5.41) is 8.62.